The van der Waals surface area contributed by atoms with E-state index in [1.54, 1.807) is 13.0 Å². The lowest BCUT2D eigenvalue weighted by molar-refractivity contribution is -0.138. The van der Waals surface area contributed by atoms with Crippen LogP contribution >= 0.6 is 23.8 Å². The van der Waals surface area contributed by atoms with Gasteiger partial charge in [0, 0.05) is 10.6 Å². The Kier molecular flexibility index (Phi) is 5.54. The van der Waals surface area contributed by atoms with Crippen molar-refractivity contribution in [1.82, 2.24) is 10.6 Å². The molecular weight excluding hydrogens is 375 g/mol. The van der Waals surface area contributed by atoms with Gasteiger partial charge in [-0.3, -0.25) is 0 Å². The summed E-state index contributed by atoms with van der Waals surface area (Å²) in [6.07, 6.45) is 0. The lowest BCUT2D eigenvalue weighted by Gasteiger charge is -2.31. The van der Waals surface area contributed by atoms with E-state index in [9.17, 15) is 9.18 Å². The van der Waals surface area contributed by atoms with Gasteiger partial charge in [0.1, 0.15) is 5.82 Å². The van der Waals surface area contributed by atoms with Gasteiger partial charge in [0.15, 0.2) is 5.11 Å². The topological polar surface area (TPSA) is 50.4 Å². The minimum absolute atomic E-state index is 0.148. The summed E-state index contributed by atoms with van der Waals surface area (Å²) in [7, 11) is 0. The number of carbonyl (C=O) groups excluding carboxylic acids is 1. The van der Waals surface area contributed by atoms with Gasteiger partial charge in [0.2, 0.25) is 0 Å². The maximum atomic E-state index is 14.6. The van der Waals surface area contributed by atoms with Gasteiger partial charge in [-0.1, -0.05) is 48.0 Å². The Balaban J connectivity index is 2.24. The molecule has 26 heavy (non-hydrogen) atoms. The second-order valence-electron chi connectivity index (χ2n) is 5.54. The number of nitrogens with one attached hydrogen (secondary N) is 2. The van der Waals surface area contributed by atoms with Crippen molar-refractivity contribution in [2.75, 3.05) is 6.61 Å². The molecule has 1 aliphatic rings. The molecule has 0 aliphatic carbocycles. The van der Waals surface area contributed by atoms with Crippen molar-refractivity contribution < 1.29 is 13.9 Å². The van der Waals surface area contributed by atoms with Crippen molar-refractivity contribution in [3.63, 3.8) is 0 Å². The fourth-order valence-corrected chi connectivity index (χ4v) is 3.32. The van der Waals surface area contributed by atoms with E-state index in [4.69, 9.17) is 28.6 Å². The standard InChI is InChI=1S/C19H16ClFN2O2S/c1-2-25-18(24)15-16(11-7-4-3-5-8-11)22-19(26)23-17(15)14-12(20)9-6-10-13(14)21/h3-10,17H,2H2,1H3,(H2,22,23,26)/t17-/m0/s1. The molecule has 0 unspecified atom stereocenters. The third kappa shape index (κ3) is 3.57. The zero-order valence-corrected chi connectivity index (χ0v) is 15.5. The molecule has 3 rings (SSSR count). The van der Waals surface area contributed by atoms with Crippen LogP contribution in [0.15, 0.2) is 54.1 Å². The molecule has 0 amide bonds. The summed E-state index contributed by atoms with van der Waals surface area (Å²) >= 11 is 11.5. The van der Waals surface area contributed by atoms with Crippen LogP contribution < -0.4 is 10.6 Å². The smallest absolute Gasteiger partial charge is 0.338 e. The number of rotatable bonds is 4. The molecule has 2 N–H and O–H groups in total. The van der Waals surface area contributed by atoms with Crippen molar-refractivity contribution >= 4 is 40.6 Å². The maximum Gasteiger partial charge on any atom is 0.338 e. The predicted octanol–water partition coefficient (Wildman–Crippen LogP) is 3.97. The molecule has 0 aromatic heterocycles. The number of ether oxygens (including phenoxy) is 1. The highest BCUT2D eigenvalue weighted by atomic mass is 35.5. The van der Waals surface area contributed by atoms with Gasteiger partial charge < -0.3 is 15.4 Å². The first-order chi connectivity index (χ1) is 12.5. The Morgan fingerprint density at radius 2 is 1.96 bits per heavy atom. The molecule has 4 nitrogen and oxygen atoms in total. The van der Waals surface area contributed by atoms with Gasteiger partial charge in [-0.05, 0) is 36.8 Å². The number of hydrogen-bond acceptors (Lipinski definition) is 3. The predicted molar refractivity (Wildman–Crippen MR) is 103 cm³/mol. The molecule has 0 fully saturated rings. The SMILES string of the molecule is CCOC(=O)C1=C(c2ccccc2)NC(=S)N[C@H]1c1c(F)cccc1Cl. The summed E-state index contributed by atoms with van der Waals surface area (Å²) < 4.78 is 19.8. The third-order valence-corrected chi connectivity index (χ3v) is 4.47. The van der Waals surface area contributed by atoms with Crippen LogP contribution in [-0.2, 0) is 9.53 Å². The van der Waals surface area contributed by atoms with Crippen LogP contribution in [-0.4, -0.2) is 17.7 Å². The molecule has 134 valence electrons. The first-order valence-electron chi connectivity index (χ1n) is 8.01. The molecule has 1 aliphatic heterocycles. The van der Waals surface area contributed by atoms with Gasteiger partial charge in [0.05, 0.1) is 23.9 Å². The van der Waals surface area contributed by atoms with Crippen molar-refractivity contribution in [1.29, 1.82) is 0 Å². The largest absolute Gasteiger partial charge is 0.463 e. The minimum atomic E-state index is -0.869. The molecular formula is C19H16ClFN2O2S. The first kappa shape index (κ1) is 18.4. The van der Waals surface area contributed by atoms with E-state index in [-0.39, 0.29) is 27.9 Å². The van der Waals surface area contributed by atoms with Crippen molar-refractivity contribution in [3.05, 3.63) is 76.1 Å². The molecule has 0 radical (unpaired) electrons. The molecule has 0 saturated heterocycles. The van der Waals surface area contributed by atoms with Crippen LogP contribution in [0.5, 0.6) is 0 Å². The van der Waals surface area contributed by atoms with Crippen LogP contribution in [0, 0.1) is 5.82 Å². The second-order valence-corrected chi connectivity index (χ2v) is 6.36. The van der Waals surface area contributed by atoms with E-state index < -0.39 is 17.8 Å². The average molecular weight is 391 g/mol. The second kappa shape index (κ2) is 7.85. The fraction of sp³-hybridized carbons (Fsp3) is 0.158. The van der Waals surface area contributed by atoms with Crippen LogP contribution in [0.2, 0.25) is 5.02 Å². The van der Waals surface area contributed by atoms with E-state index in [1.807, 2.05) is 30.3 Å². The lowest BCUT2D eigenvalue weighted by Crippen LogP contribution is -2.45. The summed E-state index contributed by atoms with van der Waals surface area (Å²) in [5.74, 6) is -1.10. The van der Waals surface area contributed by atoms with Gasteiger partial charge >= 0.3 is 5.97 Å². The third-order valence-electron chi connectivity index (χ3n) is 3.92. The van der Waals surface area contributed by atoms with Crippen LogP contribution in [0.4, 0.5) is 4.39 Å². The van der Waals surface area contributed by atoms with Crippen molar-refractivity contribution in [2.24, 2.45) is 0 Å². The fourth-order valence-electron chi connectivity index (χ4n) is 2.83. The molecule has 0 bridgehead atoms. The number of benzene rings is 2. The number of esters is 1. The van der Waals surface area contributed by atoms with E-state index in [1.165, 1.54) is 12.1 Å². The summed E-state index contributed by atoms with van der Waals surface area (Å²) in [4.78, 5) is 12.7. The number of thiocarbonyl (C=S) groups is 1. The number of carbonyl (C=O) groups is 1. The van der Waals surface area contributed by atoms with Gasteiger partial charge in [-0.2, -0.15) is 0 Å². The highest BCUT2D eigenvalue weighted by molar-refractivity contribution is 7.80. The Bertz CT molecular complexity index is 866. The quantitative estimate of drug-likeness (QED) is 0.611. The molecule has 2 aromatic rings. The normalized spacial score (nSPS) is 16.7. The maximum absolute atomic E-state index is 14.6. The monoisotopic (exact) mass is 390 g/mol. The summed E-state index contributed by atoms with van der Waals surface area (Å²) in [5, 5.41) is 6.40. The zero-order chi connectivity index (χ0) is 18.7. The van der Waals surface area contributed by atoms with Crippen LogP contribution in [0.3, 0.4) is 0 Å². The van der Waals surface area contributed by atoms with Crippen molar-refractivity contribution in [2.45, 2.75) is 13.0 Å². The molecule has 0 spiro atoms. The van der Waals surface area contributed by atoms with E-state index in [0.29, 0.717) is 5.70 Å². The minimum Gasteiger partial charge on any atom is -0.463 e. The molecule has 1 atom stereocenters. The zero-order valence-electron chi connectivity index (χ0n) is 13.9. The molecule has 2 aromatic carbocycles. The molecule has 1 heterocycles. The van der Waals surface area contributed by atoms with E-state index in [0.717, 1.165) is 5.56 Å². The van der Waals surface area contributed by atoms with Gasteiger partial charge in [-0.15, -0.1) is 0 Å². The molecule has 0 saturated carbocycles. The Hall–Kier alpha value is -2.44. The Labute approximate surface area is 161 Å². The highest BCUT2D eigenvalue weighted by Gasteiger charge is 2.35. The summed E-state index contributed by atoms with van der Waals surface area (Å²) in [5.41, 5.74) is 1.57. The van der Waals surface area contributed by atoms with Gasteiger partial charge in [0.25, 0.3) is 0 Å². The highest BCUT2D eigenvalue weighted by Crippen LogP contribution is 2.36. The summed E-state index contributed by atoms with van der Waals surface area (Å²) in [6.45, 7) is 1.90. The Morgan fingerprint density at radius 1 is 1.23 bits per heavy atom. The van der Waals surface area contributed by atoms with Crippen LogP contribution in [0.1, 0.15) is 24.1 Å². The van der Waals surface area contributed by atoms with E-state index >= 15 is 0 Å². The first-order valence-corrected chi connectivity index (χ1v) is 8.79. The number of hydrogen-bond donors (Lipinski definition) is 2. The van der Waals surface area contributed by atoms with E-state index in [2.05, 4.69) is 10.6 Å². The number of halogens is 2. The Morgan fingerprint density at radius 3 is 2.62 bits per heavy atom. The lowest BCUT2D eigenvalue weighted by atomic mass is 9.92. The average Bonchev–Trinajstić information content (AvgIpc) is 2.62. The van der Waals surface area contributed by atoms with Crippen molar-refractivity contribution in [3.8, 4) is 0 Å². The van der Waals surface area contributed by atoms with Gasteiger partial charge in [-0.25, -0.2) is 9.18 Å². The van der Waals surface area contributed by atoms with Crippen LogP contribution in [0.25, 0.3) is 5.70 Å². The summed E-state index contributed by atoms with van der Waals surface area (Å²) in [6, 6.07) is 12.7. The molecule has 7 heteroatoms.